The van der Waals surface area contributed by atoms with E-state index in [4.69, 9.17) is 0 Å². The van der Waals surface area contributed by atoms with Gasteiger partial charge in [0.05, 0.1) is 22.1 Å². The number of para-hydroxylation sites is 1. The average molecular weight is 330 g/mol. The molecule has 0 fully saturated rings. The van der Waals surface area contributed by atoms with Crippen LogP contribution in [0.15, 0.2) is 78.2 Å². The zero-order valence-electron chi connectivity index (χ0n) is 12.8. The van der Waals surface area contributed by atoms with Gasteiger partial charge in [0.1, 0.15) is 5.01 Å². The minimum Gasteiger partial charge on any atom is -0.279 e. The van der Waals surface area contributed by atoms with E-state index in [-0.39, 0.29) is 0 Å². The topological polar surface area (TPSA) is 50.2 Å². The van der Waals surface area contributed by atoms with Gasteiger partial charge in [-0.1, -0.05) is 18.2 Å². The van der Waals surface area contributed by atoms with Crippen LogP contribution in [0.5, 0.6) is 0 Å². The molecule has 4 rings (SSSR count). The number of nitrogens with one attached hydrogen (secondary N) is 1. The fourth-order valence-corrected chi connectivity index (χ4v) is 3.29. The van der Waals surface area contributed by atoms with E-state index in [2.05, 4.69) is 38.7 Å². The van der Waals surface area contributed by atoms with E-state index < -0.39 is 0 Å². The molecule has 24 heavy (non-hydrogen) atoms. The summed E-state index contributed by atoms with van der Waals surface area (Å²) in [6, 6.07) is 20.1. The zero-order chi connectivity index (χ0) is 16.2. The highest BCUT2D eigenvalue weighted by atomic mass is 32.1. The number of benzene rings is 2. The first-order valence-electron chi connectivity index (χ1n) is 7.54. The van der Waals surface area contributed by atoms with E-state index in [1.807, 2.05) is 42.5 Å². The van der Waals surface area contributed by atoms with Crippen LogP contribution < -0.4 is 5.43 Å². The van der Waals surface area contributed by atoms with Crippen molar-refractivity contribution >= 4 is 33.5 Å². The second-order valence-electron chi connectivity index (χ2n) is 5.22. The van der Waals surface area contributed by atoms with E-state index in [0.29, 0.717) is 0 Å². The lowest BCUT2D eigenvalue weighted by molar-refractivity contribution is 1.30. The van der Waals surface area contributed by atoms with Gasteiger partial charge >= 0.3 is 0 Å². The SMILES string of the molecule is C(=N\Nc1ccc(-c2nc3ccccc3s2)cc1)/c1cccnc1. The smallest absolute Gasteiger partial charge is 0.124 e. The van der Waals surface area contributed by atoms with Gasteiger partial charge < -0.3 is 0 Å². The molecular weight excluding hydrogens is 316 g/mol. The van der Waals surface area contributed by atoms with Crippen molar-refractivity contribution in [2.45, 2.75) is 0 Å². The minimum absolute atomic E-state index is 0.931. The molecule has 2 heterocycles. The van der Waals surface area contributed by atoms with Gasteiger partial charge in [0.25, 0.3) is 0 Å². The van der Waals surface area contributed by atoms with Crippen LogP contribution in [-0.2, 0) is 0 Å². The Balaban J connectivity index is 1.49. The van der Waals surface area contributed by atoms with E-state index in [1.165, 1.54) is 4.70 Å². The molecule has 1 N–H and O–H groups in total. The first-order chi connectivity index (χ1) is 11.9. The number of pyridine rings is 1. The maximum Gasteiger partial charge on any atom is 0.124 e. The summed E-state index contributed by atoms with van der Waals surface area (Å²) in [4.78, 5) is 8.72. The molecule has 0 unspecified atom stereocenters. The van der Waals surface area contributed by atoms with Crippen LogP contribution in [0.3, 0.4) is 0 Å². The molecule has 0 atom stereocenters. The van der Waals surface area contributed by atoms with Crippen molar-refractivity contribution in [3.8, 4) is 10.6 Å². The van der Waals surface area contributed by atoms with Crippen molar-refractivity contribution in [3.63, 3.8) is 0 Å². The Morgan fingerprint density at radius 3 is 2.62 bits per heavy atom. The lowest BCUT2D eigenvalue weighted by Gasteiger charge is -2.01. The third kappa shape index (κ3) is 3.16. The Morgan fingerprint density at radius 2 is 1.83 bits per heavy atom. The van der Waals surface area contributed by atoms with Crippen LogP contribution in [-0.4, -0.2) is 16.2 Å². The number of fused-ring (bicyclic) bond motifs is 1. The highest BCUT2D eigenvalue weighted by molar-refractivity contribution is 7.21. The summed E-state index contributed by atoms with van der Waals surface area (Å²) in [6.45, 7) is 0. The Kier molecular flexibility index (Phi) is 4.00. The number of anilines is 1. The van der Waals surface area contributed by atoms with Crippen LogP contribution >= 0.6 is 11.3 Å². The molecule has 0 bridgehead atoms. The summed E-state index contributed by atoms with van der Waals surface area (Å²) in [5, 5.41) is 5.25. The fourth-order valence-electron chi connectivity index (χ4n) is 2.32. The fraction of sp³-hybridized carbons (Fsp3) is 0. The van der Waals surface area contributed by atoms with Gasteiger partial charge in [-0.3, -0.25) is 10.4 Å². The quantitative estimate of drug-likeness (QED) is 0.432. The largest absolute Gasteiger partial charge is 0.279 e. The molecular formula is C19H14N4S. The number of aromatic nitrogens is 2. The van der Waals surface area contributed by atoms with Gasteiger partial charge in [0.2, 0.25) is 0 Å². The van der Waals surface area contributed by atoms with Crippen molar-refractivity contribution in [3.05, 3.63) is 78.6 Å². The molecule has 0 saturated heterocycles. The molecule has 0 saturated carbocycles. The van der Waals surface area contributed by atoms with Crippen LogP contribution in [0.25, 0.3) is 20.8 Å². The second-order valence-corrected chi connectivity index (χ2v) is 6.25. The van der Waals surface area contributed by atoms with Gasteiger partial charge in [-0.15, -0.1) is 11.3 Å². The Labute approximate surface area is 143 Å². The predicted molar refractivity (Wildman–Crippen MR) is 101 cm³/mol. The lowest BCUT2D eigenvalue weighted by Crippen LogP contribution is -1.90. The number of hydrazone groups is 1. The van der Waals surface area contributed by atoms with Gasteiger partial charge in [0.15, 0.2) is 0 Å². The van der Waals surface area contributed by atoms with Crippen LogP contribution in [0.2, 0.25) is 0 Å². The molecule has 0 spiro atoms. The summed E-state index contributed by atoms with van der Waals surface area (Å²) >= 11 is 1.70. The van der Waals surface area contributed by atoms with Crippen LogP contribution in [0.4, 0.5) is 5.69 Å². The summed E-state index contributed by atoms with van der Waals surface area (Å²) in [5.74, 6) is 0. The summed E-state index contributed by atoms with van der Waals surface area (Å²) in [6.07, 6.45) is 5.25. The summed E-state index contributed by atoms with van der Waals surface area (Å²) < 4.78 is 1.20. The molecule has 0 aliphatic heterocycles. The van der Waals surface area contributed by atoms with Gasteiger partial charge in [-0.25, -0.2) is 4.98 Å². The highest BCUT2D eigenvalue weighted by Crippen LogP contribution is 2.30. The monoisotopic (exact) mass is 330 g/mol. The Hall–Kier alpha value is -3.05. The zero-order valence-corrected chi connectivity index (χ0v) is 13.6. The van der Waals surface area contributed by atoms with E-state index >= 15 is 0 Å². The molecule has 5 heteroatoms. The van der Waals surface area contributed by atoms with Gasteiger partial charge in [-0.05, 0) is 42.5 Å². The maximum absolute atomic E-state index is 4.68. The Bertz CT molecular complexity index is 942. The number of hydrogen-bond acceptors (Lipinski definition) is 5. The molecule has 2 aromatic heterocycles. The van der Waals surface area contributed by atoms with Gasteiger partial charge in [-0.2, -0.15) is 5.10 Å². The van der Waals surface area contributed by atoms with Crippen molar-refractivity contribution in [2.75, 3.05) is 5.43 Å². The normalized spacial score (nSPS) is 11.2. The number of hydrogen-bond donors (Lipinski definition) is 1. The van der Waals surface area contributed by atoms with E-state index in [1.54, 1.807) is 29.9 Å². The Morgan fingerprint density at radius 1 is 0.958 bits per heavy atom. The highest BCUT2D eigenvalue weighted by Gasteiger charge is 2.05. The van der Waals surface area contributed by atoms with Crippen molar-refractivity contribution in [1.82, 2.24) is 9.97 Å². The molecule has 4 nitrogen and oxygen atoms in total. The van der Waals surface area contributed by atoms with Crippen molar-refractivity contribution < 1.29 is 0 Å². The number of nitrogens with zero attached hydrogens (tertiary/aromatic N) is 3. The van der Waals surface area contributed by atoms with Crippen LogP contribution in [0, 0.1) is 0 Å². The predicted octanol–water partition coefficient (Wildman–Crippen LogP) is 4.80. The second kappa shape index (κ2) is 6.60. The molecule has 116 valence electrons. The molecule has 0 radical (unpaired) electrons. The molecule has 4 aromatic rings. The number of thiazole rings is 1. The molecule has 0 amide bonds. The lowest BCUT2D eigenvalue weighted by atomic mass is 10.2. The third-order valence-corrected chi connectivity index (χ3v) is 4.60. The molecule has 0 aliphatic rings. The summed E-state index contributed by atoms with van der Waals surface area (Å²) in [7, 11) is 0. The van der Waals surface area contributed by atoms with E-state index in [0.717, 1.165) is 27.3 Å². The summed E-state index contributed by atoms with van der Waals surface area (Å²) in [5.41, 5.74) is 7.06. The maximum atomic E-state index is 4.68. The standard InChI is InChI=1S/C19H14N4S/c1-2-6-18-17(5-1)22-19(24-18)15-7-9-16(10-8-15)23-21-13-14-4-3-11-20-12-14/h1-13,23H/b21-13+. The average Bonchev–Trinajstić information content (AvgIpc) is 3.07. The van der Waals surface area contributed by atoms with E-state index in [9.17, 15) is 0 Å². The minimum atomic E-state index is 0.931. The van der Waals surface area contributed by atoms with Crippen molar-refractivity contribution in [1.29, 1.82) is 0 Å². The van der Waals surface area contributed by atoms with Gasteiger partial charge in [0, 0.05) is 23.5 Å². The van der Waals surface area contributed by atoms with Crippen molar-refractivity contribution in [2.24, 2.45) is 5.10 Å². The third-order valence-electron chi connectivity index (χ3n) is 3.52. The van der Waals surface area contributed by atoms with Crippen LogP contribution in [0.1, 0.15) is 5.56 Å². The molecule has 2 aromatic carbocycles. The first kappa shape index (κ1) is 14.5. The molecule has 0 aliphatic carbocycles. The first-order valence-corrected chi connectivity index (χ1v) is 8.35. The number of rotatable bonds is 4.